The fourth-order valence-corrected chi connectivity index (χ4v) is 3.09. The van der Waals surface area contributed by atoms with Crippen LogP contribution in [0.1, 0.15) is 29.9 Å². The van der Waals surface area contributed by atoms with Gasteiger partial charge < -0.3 is 20.3 Å². The summed E-state index contributed by atoms with van der Waals surface area (Å²) in [4.78, 5) is 23.5. The second kappa shape index (κ2) is 10.2. The number of hydrogen-bond donors (Lipinski definition) is 2. The monoisotopic (exact) mass is 459 g/mol. The largest absolute Gasteiger partial charge is 0.573 e. The molecule has 0 aliphatic rings. The first kappa shape index (κ1) is 23.8. The molecule has 2 N–H and O–H groups in total. The predicted octanol–water partition coefficient (Wildman–Crippen LogP) is 5.53. The number of amides is 1. The lowest BCUT2D eigenvalue weighted by molar-refractivity contribution is -0.274. The minimum atomic E-state index is -4.78. The Hall–Kier alpha value is -3.82. The Balaban J connectivity index is 1.64. The van der Waals surface area contributed by atoms with Crippen molar-refractivity contribution in [2.24, 2.45) is 0 Å². The van der Waals surface area contributed by atoms with E-state index >= 15 is 0 Å². The molecule has 2 aromatic carbocycles. The van der Waals surface area contributed by atoms with Gasteiger partial charge in [-0.1, -0.05) is 0 Å². The molecule has 3 rings (SSSR count). The number of aromatic nitrogens is 2. The standard InChI is InChI=1S/C23H24F3N5O2/c1-4-31(5-2)20-14-15(3)27-22(30-20)29-18-10-8-17(9-11-18)28-21(32)16-6-12-19(13-7-16)33-23(24,25)26/h6-14H,4-5H2,1-3H3,(H,28,32)(H,27,29,30). The van der Waals surface area contributed by atoms with Gasteiger partial charge >= 0.3 is 6.36 Å². The molecule has 0 bridgehead atoms. The number of rotatable bonds is 8. The van der Waals surface area contributed by atoms with E-state index in [1.807, 2.05) is 13.0 Å². The third kappa shape index (κ3) is 6.83. The molecule has 10 heteroatoms. The molecule has 0 unspecified atom stereocenters. The number of nitrogens with zero attached hydrogens (tertiary/aromatic N) is 3. The molecule has 0 aliphatic heterocycles. The first-order valence-electron chi connectivity index (χ1n) is 10.3. The van der Waals surface area contributed by atoms with Crippen LogP contribution in [-0.2, 0) is 0 Å². The Morgan fingerprint density at radius 3 is 2.15 bits per heavy atom. The van der Waals surface area contributed by atoms with E-state index in [1.165, 1.54) is 12.1 Å². The maximum absolute atomic E-state index is 12.4. The fourth-order valence-electron chi connectivity index (χ4n) is 3.09. The average Bonchev–Trinajstić information content (AvgIpc) is 2.75. The molecule has 0 atom stereocenters. The third-order valence-corrected chi connectivity index (χ3v) is 4.68. The van der Waals surface area contributed by atoms with Crippen LogP contribution in [0.2, 0.25) is 0 Å². The van der Waals surface area contributed by atoms with Crippen molar-refractivity contribution in [2.75, 3.05) is 28.6 Å². The maximum atomic E-state index is 12.4. The topological polar surface area (TPSA) is 79.4 Å². The molecule has 0 aliphatic carbocycles. The normalized spacial score (nSPS) is 11.1. The van der Waals surface area contributed by atoms with Crippen LogP contribution < -0.4 is 20.3 Å². The Bertz CT molecular complexity index is 1080. The van der Waals surface area contributed by atoms with Gasteiger partial charge in [-0.25, -0.2) is 4.98 Å². The number of nitrogens with one attached hydrogen (secondary N) is 2. The quantitative estimate of drug-likeness (QED) is 0.461. The van der Waals surface area contributed by atoms with Crippen LogP contribution in [0.3, 0.4) is 0 Å². The molecular formula is C23H24F3N5O2. The number of alkyl halides is 3. The average molecular weight is 459 g/mol. The molecule has 1 heterocycles. The van der Waals surface area contributed by atoms with Crippen molar-refractivity contribution in [1.29, 1.82) is 0 Å². The highest BCUT2D eigenvalue weighted by Crippen LogP contribution is 2.24. The highest BCUT2D eigenvalue weighted by molar-refractivity contribution is 6.04. The van der Waals surface area contributed by atoms with Gasteiger partial charge in [-0.05, 0) is 69.3 Å². The molecular weight excluding hydrogens is 435 g/mol. The van der Waals surface area contributed by atoms with Crippen molar-refractivity contribution in [3.8, 4) is 5.75 Å². The van der Waals surface area contributed by atoms with Gasteiger partial charge in [0.2, 0.25) is 5.95 Å². The molecule has 1 aromatic heterocycles. The number of aryl methyl sites for hydroxylation is 1. The first-order valence-corrected chi connectivity index (χ1v) is 10.3. The Morgan fingerprint density at radius 1 is 0.970 bits per heavy atom. The predicted molar refractivity (Wildman–Crippen MR) is 121 cm³/mol. The van der Waals surface area contributed by atoms with Crippen LogP contribution in [-0.4, -0.2) is 35.3 Å². The molecule has 7 nitrogen and oxygen atoms in total. The van der Waals surface area contributed by atoms with E-state index in [0.717, 1.165) is 42.4 Å². The Morgan fingerprint density at radius 2 is 1.58 bits per heavy atom. The highest BCUT2D eigenvalue weighted by Gasteiger charge is 2.31. The van der Waals surface area contributed by atoms with Crippen LogP contribution >= 0.6 is 0 Å². The van der Waals surface area contributed by atoms with Crippen LogP contribution in [0.5, 0.6) is 5.75 Å². The number of halogens is 3. The van der Waals surface area contributed by atoms with E-state index < -0.39 is 18.0 Å². The summed E-state index contributed by atoms with van der Waals surface area (Å²) in [5.41, 5.74) is 2.29. The number of hydrogen-bond acceptors (Lipinski definition) is 6. The van der Waals surface area contributed by atoms with Crippen LogP contribution in [0.4, 0.5) is 36.3 Å². The van der Waals surface area contributed by atoms with Gasteiger partial charge in [-0.2, -0.15) is 4.98 Å². The summed E-state index contributed by atoms with van der Waals surface area (Å²) in [6.45, 7) is 7.69. The van der Waals surface area contributed by atoms with Gasteiger partial charge in [0.25, 0.3) is 5.91 Å². The minimum Gasteiger partial charge on any atom is -0.406 e. The molecule has 0 saturated heterocycles. The molecule has 0 radical (unpaired) electrons. The van der Waals surface area contributed by atoms with E-state index in [9.17, 15) is 18.0 Å². The van der Waals surface area contributed by atoms with Crippen molar-refractivity contribution >= 4 is 29.0 Å². The highest BCUT2D eigenvalue weighted by atomic mass is 19.4. The summed E-state index contributed by atoms with van der Waals surface area (Å²) in [6, 6.07) is 13.5. The lowest BCUT2D eigenvalue weighted by Crippen LogP contribution is -2.23. The van der Waals surface area contributed by atoms with Crippen molar-refractivity contribution in [3.63, 3.8) is 0 Å². The van der Waals surface area contributed by atoms with E-state index in [-0.39, 0.29) is 5.56 Å². The summed E-state index contributed by atoms with van der Waals surface area (Å²) >= 11 is 0. The molecule has 174 valence electrons. The van der Waals surface area contributed by atoms with E-state index in [4.69, 9.17) is 0 Å². The minimum absolute atomic E-state index is 0.198. The maximum Gasteiger partial charge on any atom is 0.573 e. The number of carbonyl (C=O) groups is 1. The Kier molecular flexibility index (Phi) is 7.37. The smallest absolute Gasteiger partial charge is 0.406 e. The van der Waals surface area contributed by atoms with Gasteiger partial charge in [-0.15, -0.1) is 13.2 Å². The van der Waals surface area contributed by atoms with Crippen molar-refractivity contribution in [3.05, 3.63) is 65.9 Å². The molecule has 1 amide bonds. The van der Waals surface area contributed by atoms with Gasteiger partial charge in [0.05, 0.1) is 0 Å². The lowest BCUT2D eigenvalue weighted by Gasteiger charge is -2.20. The summed E-state index contributed by atoms with van der Waals surface area (Å²) < 4.78 is 40.6. The summed E-state index contributed by atoms with van der Waals surface area (Å²) in [5.74, 6) is 0.456. The van der Waals surface area contributed by atoms with Crippen LogP contribution in [0.15, 0.2) is 54.6 Å². The second-order valence-electron chi connectivity index (χ2n) is 7.09. The third-order valence-electron chi connectivity index (χ3n) is 4.68. The second-order valence-corrected chi connectivity index (χ2v) is 7.09. The van der Waals surface area contributed by atoms with Gasteiger partial charge in [-0.3, -0.25) is 4.79 Å². The van der Waals surface area contributed by atoms with Gasteiger partial charge in [0.15, 0.2) is 0 Å². The zero-order chi connectivity index (χ0) is 24.0. The van der Waals surface area contributed by atoms with Crippen molar-refractivity contribution in [2.45, 2.75) is 27.1 Å². The Labute approximate surface area is 189 Å². The number of benzene rings is 2. The number of ether oxygens (including phenoxy) is 1. The van der Waals surface area contributed by atoms with E-state index in [1.54, 1.807) is 24.3 Å². The molecule has 0 saturated carbocycles. The van der Waals surface area contributed by atoms with Crippen LogP contribution in [0, 0.1) is 6.92 Å². The first-order chi connectivity index (χ1) is 15.7. The molecule has 0 spiro atoms. The van der Waals surface area contributed by atoms with Crippen molar-refractivity contribution < 1.29 is 22.7 Å². The summed E-state index contributed by atoms with van der Waals surface area (Å²) in [5, 5.41) is 5.86. The zero-order valence-electron chi connectivity index (χ0n) is 18.4. The van der Waals surface area contributed by atoms with E-state index in [2.05, 4.69) is 44.1 Å². The zero-order valence-corrected chi connectivity index (χ0v) is 18.4. The van der Waals surface area contributed by atoms with Gasteiger partial charge in [0.1, 0.15) is 11.6 Å². The number of anilines is 4. The summed E-state index contributed by atoms with van der Waals surface area (Å²) in [6.07, 6.45) is -4.78. The SMILES string of the molecule is CCN(CC)c1cc(C)nc(Nc2ccc(NC(=O)c3ccc(OC(F)(F)F)cc3)cc2)n1. The lowest BCUT2D eigenvalue weighted by atomic mass is 10.2. The molecule has 0 fully saturated rings. The van der Waals surface area contributed by atoms with E-state index in [0.29, 0.717) is 11.6 Å². The van der Waals surface area contributed by atoms with Crippen molar-refractivity contribution in [1.82, 2.24) is 9.97 Å². The molecule has 33 heavy (non-hydrogen) atoms. The van der Waals surface area contributed by atoms with Gasteiger partial charge in [0, 0.05) is 41.8 Å². The molecule has 3 aromatic rings. The fraction of sp³-hybridized carbons (Fsp3) is 0.261. The van der Waals surface area contributed by atoms with Crippen LogP contribution in [0.25, 0.3) is 0 Å². The number of carbonyl (C=O) groups excluding carboxylic acids is 1. The summed E-state index contributed by atoms with van der Waals surface area (Å²) in [7, 11) is 0.